The number of anilines is 1. The van der Waals surface area contributed by atoms with Gasteiger partial charge in [0.1, 0.15) is 0 Å². The van der Waals surface area contributed by atoms with Gasteiger partial charge in [-0.3, -0.25) is 10.1 Å². The third-order valence-corrected chi connectivity index (χ3v) is 4.14. The zero-order valence-electron chi connectivity index (χ0n) is 13.2. The number of benzene rings is 2. The summed E-state index contributed by atoms with van der Waals surface area (Å²) in [7, 11) is 0. The van der Waals surface area contributed by atoms with Crippen LogP contribution in [0.2, 0.25) is 0 Å². The molecule has 2 aromatic rings. The van der Waals surface area contributed by atoms with Gasteiger partial charge in [0.05, 0.1) is 5.75 Å². The number of amides is 3. The first-order valence-electron chi connectivity index (χ1n) is 7.11. The Labute approximate surface area is 142 Å². The van der Waals surface area contributed by atoms with E-state index in [9.17, 15) is 18.4 Å². The standard InChI is InChI=1S/C17H16F2N2O2S/c1-10-3-6-15(11(2)7-10)20-17(23)21-16(22)9-24-12-4-5-13(18)14(19)8-12/h3-8H,9H2,1-2H3,(H2,20,21,22,23). The van der Waals surface area contributed by atoms with E-state index >= 15 is 0 Å². The molecule has 0 aliphatic carbocycles. The van der Waals surface area contributed by atoms with Gasteiger partial charge in [0.25, 0.3) is 0 Å². The number of aryl methyl sites for hydroxylation is 2. The molecule has 0 radical (unpaired) electrons. The van der Waals surface area contributed by atoms with Gasteiger partial charge in [-0.25, -0.2) is 13.6 Å². The molecule has 2 N–H and O–H groups in total. The largest absolute Gasteiger partial charge is 0.325 e. The second-order valence-corrected chi connectivity index (χ2v) is 6.23. The topological polar surface area (TPSA) is 58.2 Å². The fourth-order valence-electron chi connectivity index (χ4n) is 1.99. The zero-order valence-corrected chi connectivity index (χ0v) is 14.0. The van der Waals surface area contributed by atoms with Crippen molar-refractivity contribution in [2.45, 2.75) is 18.7 Å². The van der Waals surface area contributed by atoms with Gasteiger partial charge in [-0.15, -0.1) is 11.8 Å². The average Bonchev–Trinajstić information content (AvgIpc) is 2.51. The van der Waals surface area contributed by atoms with E-state index in [1.807, 2.05) is 26.0 Å². The van der Waals surface area contributed by atoms with E-state index in [0.29, 0.717) is 10.6 Å². The fraction of sp³-hybridized carbons (Fsp3) is 0.176. The molecule has 0 saturated carbocycles. The first-order chi connectivity index (χ1) is 11.3. The summed E-state index contributed by atoms with van der Waals surface area (Å²) in [5, 5.41) is 4.78. The maximum absolute atomic E-state index is 13.1. The van der Waals surface area contributed by atoms with Crippen molar-refractivity contribution in [3.05, 3.63) is 59.2 Å². The Hall–Kier alpha value is -2.41. The van der Waals surface area contributed by atoms with Crippen LogP contribution in [-0.2, 0) is 4.79 Å². The molecule has 0 spiro atoms. The van der Waals surface area contributed by atoms with E-state index in [1.54, 1.807) is 6.07 Å². The molecule has 0 aliphatic rings. The maximum Gasteiger partial charge on any atom is 0.325 e. The molecule has 0 unspecified atom stereocenters. The summed E-state index contributed by atoms with van der Waals surface area (Å²) in [4.78, 5) is 24.0. The van der Waals surface area contributed by atoms with Crippen LogP contribution in [0.15, 0.2) is 41.3 Å². The molecule has 24 heavy (non-hydrogen) atoms. The highest BCUT2D eigenvalue weighted by Gasteiger charge is 2.11. The lowest BCUT2D eigenvalue weighted by Crippen LogP contribution is -2.35. The lowest BCUT2D eigenvalue weighted by atomic mass is 10.1. The summed E-state index contributed by atoms with van der Waals surface area (Å²) in [6, 6.07) is 8.24. The lowest BCUT2D eigenvalue weighted by Gasteiger charge is -2.10. The van der Waals surface area contributed by atoms with Crippen molar-refractivity contribution in [3.8, 4) is 0 Å². The van der Waals surface area contributed by atoms with Crippen LogP contribution in [0.1, 0.15) is 11.1 Å². The van der Waals surface area contributed by atoms with E-state index < -0.39 is 23.6 Å². The third-order valence-electron chi connectivity index (χ3n) is 3.14. The van der Waals surface area contributed by atoms with E-state index in [0.717, 1.165) is 35.0 Å². The minimum Gasteiger partial charge on any atom is -0.307 e. The minimum absolute atomic E-state index is 0.0919. The van der Waals surface area contributed by atoms with Crippen molar-refractivity contribution >= 4 is 29.4 Å². The Morgan fingerprint density at radius 2 is 1.79 bits per heavy atom. The number of imide groups is 1. The SMILES string of the molecule is Cc1ccc(NC(=O)NC(=O)CSc2ccc(F)c(F)c2)c(C)c1. The predicted molar refractivity (Wildman–Crippen MR) is 90.2 cm³/mol. The van der Waals surface area contributed by atoms with E-state index in [1.165, 1.54) is 6.07 Å². The summed E-state index contributed by atoms with van der Waals surface area (Å²) < 4.78 is 25.9. The number of carbonyl (C=O) groups excluding carboxylic acids is 2. The van der Waals surface area contributed by atoms with Crippen molar-refractivity contribution in [1.82, 2.24) is 5.32 Å². The van der Waals surface area contributed by atoms with Gasteiger partial charge < -0.3 is 5.32 Å². The molecule has 0 atom stereocenters. The molecule has 3 amide bonds. The Morgan fingerprint density at radius 1 is 1.04 bits per heavy atom. The van der Waals surface area contributed by atoms with E-state index in [-0.39, 0.29) is 5.75 Å². The second kappa shape index (κ2) is 7.92. The Morgan fingerprint density at radius 3 is 2.46 bits per heavy atom. The summed E-state index contributed by atoms with van der Waals surface area (Å²) in [5.41, 5.74) is 2.56. The molecule has 4 nitrogen and oxygen atoms in total. The van der Waals surface area contributed by atoms with Crippen LogP contribution in [0.5, 0.6) is 0 Å². The molecule has 0 saturated heterocycles. The second-order valence-electron chi connectivity index (χ2n) is 5.19. The first-order valence-corrected chi connectivity index (χ1v) is 8.09. The first kappa shape index (κ1) is 17.9. The van der Waals surface area contributed by atoms with Crippen molar-refractivity contribution in [1.29, 1.82) is 0 Å². The highest BCUT2D eigenvalue weighted by atomic mass is 32.2. The normalized spacial score (nSPS) is 10.3. The lowest BCUT2D eigenvalue weighted by molar-refractivity contribution is -0.117. The number of thioether (sulfide) groups is 1. The Balaban J connectivity index is 1.85. The maximum atomic E-state index is 13.1. The number of urea groups is 1. The number of nitrogens with one attached hydrogen (secondary N) is 2. The Bertz CT molecular complexity index is 781. The predicted octanol–water partition coefficient (Wildman–Crippen LogP) is 4.02. The molecule has 0 heterocycles. The number of hydrogen-bond donors (Lipinski definition) is 2. The summed E-state index contributed by atoms with van der Waals surface area (Å²) in [6.45, 7) is 3.79. The zero-order chi connectivity index (χ0) is 17.7. The van der Waals surface area contributed by atoms with Crippen molar-refractivity contribution in [2.24, 2.45) is 0 Å². The van der Waals surface area contributed by atoms with Crippen LogP contribution in [0, 0.1) is 25.5 Å². The highest BCUT2D eigenvalue weighted by Crippen LogP contribution is 2.20. The molecule has 2 aromatic carbocycles. The van der Waals surface area contributed by atoms with E-state index in [4.69, 9.17) is 0 Å². The van der Waals surface area contributed by atoms with E-state index in [2.05, 4.69) is 10.6 Å². The quantitative estimate of drug-likeness (QED) is 0.819. The highest BCUT2D eigenvalue weighted by molar-refractivity contribution is 8.00. The van der Waals surface area contributed by atoms with Crippen LogP contribution in [0.25, 0.3) is 0 Å². The minimum atomic E-state index is -0.979. The van der Waals surface area contributed by atoms with Gasteiger partial charge in [0.15, 0.2) is 11.6 Å². The van der Waals surface area contributed by atoms with Crippen molar-refractivity contribution in [2.75, 3.05) is 11.1 Å². The molecule has 7 heteroatoms. The molecule has 0 bridgehead atoms. The van der Waals surface area contributed by atoms with Crippen LogP contribution < -0.4 is 10.6 Å². The van der Waals surface area contributed by atoms with Crippen LogP contribution in [-0.4, -0.2) is 17.7 Å². The molecule has 126 valence electrons. The summed E-state index contributed by atoms with van der Waals surface area (Å²) in [6.07, 6.45) is 0. The van der Waals surface area contributed by atoms with Gasteiger partial charge in [0.2, 0.25) is 5.91 Å². The van der Waals surface area contributed by atoms with Crippen LogP contribution in [0.4, 0.5) is 19.3 Å². The van der Waals surface area contributed by atoms with Gasteiger partial charge in [-0.05, 0) is 43.7 Å². The average molecular weight is 350 g/mol. The number of hydrogen-bond acceptors (Lipinski definition) is 3. The summed E-state index contributed by atoms with van der Waals surface area (Å²) in [5.74, 6) is -2.55. The van der Waals surface area contributed by atoms with Crippen LogP contribution in [0.3, 0.4) is 0 Å². The third kappa shape index (κ3) is 5.06. The van der Waals surface area contributed by atoms with Gasteiger partial charge in [-0.1, -0.05) is 17.7 Å². The van der Waals surface area contributed by atoms with Crippen molar-refractivity contribution in [3.63, 3.8) is 0 Å². The molecule has 0 aromatic heterocycles. The van der Waals surface area contributed by atoms with Crippen molar-refractivity contribution < 1.29 is 18.4 Å². The number of carbonyl (C=O) groups is 2. The molecular formula is C17H16F2N2O2S. The van der Waals surface area contributed by atoms with Crippen LogP contribution >= 0.6 is 11.8 Å². The number of halogens is 2. The Kier molecular flexibility index (Phi) is 5.92. The fourth-order valence-corrected chi connectivity index (χ4v) is 2.71. The smallest absolute Gasteiger partial charge is 0.307 e. The van der Waals surface area contributed by atoms with Gasteiger partial charge in [-0.2, -0.15) is 0 Å². The summed E-state index contributed by atoms with van der Waals surface area (Å²) >= 11 is 1.01. The van der Waals surface area contributed by atoms with Gasteiger partial charge in [0, 0.05) is 10.6 Å². The molecule has 0 fully saturated rings. The molecular weight excluding hydrogens is 334 g/mol. The monoisotopic (exact) mass is 350 g/mol. The molecule has 0 aliphatic heterocycles. The molecule has 2 rings (SSSR count). The number of rotatable bonds is 4. The van der Waals surface area contributed by atoms with Gasteiger partial charge >= 0.3 is 6.03 Å².